The number of carbonyl (C=O) groups is 1. The van der Waals surface area contributed by atoms with E-state index in [1.54, 1.807) is 0 Å². The van der Waals surface area contributed by atoms with Crippen LogP contribution in [0.2, 0.25) is 0 Å². The van der Waals surface area contributed by atoms with Crippen LogP contribution in [0.1, 0.15) is 5.56 Å². The molecule has 0 heterocycles. The summed E-state index contributed by atoms with van der Waals surface area (Å²) in [6.07, 6.45) is 0. The molecule has 0 aliphatic heterocycles. The molecular weight excluding hydrogens is 244 g/mol. The van der Waals surface area contributed by atoms with E-state index >= 15 is 0 Å². The van der Waals surface area contributed by atoms with Gasteiger partial charge in [-0.15, -0.1) is 0 Å². The molecule has 0 unspecified atom stereocenters. The zero-order valence-electron chi connectivity index (χ0n) is 6.48. The summed E-state index contributed by atoms with van der Waals surface area (Å²) in [7, 11) is 0. The molecule has 0 bridgehead atoms. The fourth-order valence-electron chi connectivity index (χ4n) is 0.821. The van der Waals surface area contributed by atoms with Crippen LogP contribution in [-0.2, 0) is 6.54 Å². The molecule has 5 heteroatoms. The van der Waals surface area contributed by atoms with E-state index in [2.05, 4.69) is 21.2 Å². The molecule has 0 fully saturated rings. The minimum absolute atomic E-state index is 0.168. The molecule has 0 atom stereocenters. The van der Waals surface area contributed by atoms with E-state index in [1.807, 2.05) is 0 Å². The van der Waals surface area contributed by atoms with Crippen LogP contribution >= 0.6 is 15.9 Å². The normalized spacial score (nSPS) is 9.77. The van der Waals surface area contributed by atoms with Crippen LogP contribution in [0.25, 0.3) is 0 Å². The maximum atomic E-state index is 12.6. The van der Waals surface area contributed by atoms with Gasteiger partial charge in [0.1, 0.15) is 0 Å². The van der Waals surface area contributed by atoms with Gasteiger partial charge in [0.05, 0.1) is 0 Å². The van der Waals surface area contributed by atoms with E-state index in [0.717, 1.165) is 12.1 Å². The van der Waals surface area contributed by atoms with Crippen molar-refractivity contribution in [3.63, 3.8) is 0 Å². The molecule has 0 aliphatic rings. The summed E-state index contributed by atoms with van der Waals surface area (Å²) >= 11 is 2.65. The third kappa shape index (κ3) is 3.10. The van der Waals surface area contributed by atoms with Crippen molar-refractivity contribution >= 4 is 20.7 Å². The van der Waals surface area contributed by atoms with Gasteiger partial charge in [0, 0.05) is 22.5 Å². The lowest BCUT2D eigenvalue weighted by molar-refractivity contribution is 0.261. The third-order valence-corrected chi connectivity index (χ3v) is 1.70. The van der Waals surface area contributed by atoms with Gasteiger partial charge in [0.15, 0.2) is 11.6 Å². The van der Waals surface area contributed by atoms with Gasteiger partial charge in [-0.3, -0.25) is 4.79 Å². The summed E-state index contributed by atoms with van der Waals surface area (Å²) in [6, 6.07) is 3.46. The first-order valence-corrected chi connectivity index (χ1v) is 4.26. The Morgan fingerprint density at radius 1 is 1.38 bits per heavy atom. The monoisotopic (exact) mass is 249 g/mol. The van der Waals surface area contributed by atoms with Crippen LogP contribution in [0, 0.1) is 11.6 Å². The summed E-state index contributed by atoms with van der Waals surface area (Å²) in [5.41, 5.74) is 0.506. The van der Waals surface area contributed by atoms with Crippen molar-refractivity contribution in [3.05, 3.63) is 35.4 Å². The summed E-state index contributed by atoms with van der Waals surface area (Å²) < 4.78 is 25.0. The van der Waals surface area contributed by atoms with Gasteiger partial charge in [-0.05, 0) is 17.7 Å². The molecule has 1 aromatic rings. The molecule has 70 valence electrons. The average Bonchev–Trinajstić information content (AvgIpc) is 2.07. The molecule has 1 amide bonds. The summed E-state index contributed by atoms with van der Waals surface area (Å²) in [6.45, 7) is 0.168. The van der Waals surface area contributed by atoms with Crippen molar-refractivity contribution in [2.45, 2.75) is 6.54 Å². The van der Waals surface area contributed by atoms with Gasteiger partial charge in [-0.25, -0.2) is 8.78 Å². The first kappa shape index (κ1) is 10.1. The molecule has 0 saturated heterocycles. The first-order chi connectivity index (χ1) is 6.09. The predicted octanol–water partition coefficient (Wildman–Crippen LogP) is 2.57. The maximum Gasteiger partial charge on any atom is 0.287 e. The Morgan fingerprint density at radius 2 is 2.08 bits per heavy atom. The van der Waals surface area contributed by atoms with Crippen molar-refractivity contribution in [1.29, 1.82) is 0 Å². The highest BCUT2D eigenvalue weighted by molar-refractivity contribution is 9.18. The van der Waals surface area contributed by atoms with Crippen LogP contribution in [0.4, 0.5) is 13.6 Å². The van der Waals surface area contributed by atoms with Gasteiger partial charge < -0.3 is 5.32 Å². The second kappa shape index (κ2) is 4.32. The molecule has 0 spiro atoms. The summed E-state index contributed by atoms with van der Waals surface area (Å²) in [5.74, 6) is -1.81. The maximum absolute atomic E-state index is 12.6. The zero-order chi connectivity index (χ0) is 9.84. The van der Waals surface area contributed by atoms with Crippen molar-refractivity contribution in [2.75, 3.05) is 0 Å². The van der Waals surface area contributed by atoms with E-state index in [9.17, 15) is 13.6 Å². The number of amides is 1. The summed E-state index contributed by atoms with van der Waals surface area (Å²) in [5, 5.41) is 2.40. The van der Waals surface area contributed by atoms with E-state index < -0.39 is 16.5 Å². The number of rotatable bonds is 2. The molecule has 1 rings (SSSR count). The Labute approximate surface area is 82.1 Å². The lowest BCUT2D eigenvalue weighted by Crippen LogP contribution is -2.15. The van der Waals surface area contributed by atoms with Crippen LogP contribution in [-0.4, -0.2) is 4.82 Å². The SMILES string of the molecule is O=C(Br)NCc1ccc(F)c(F)c1. The molecule has 13 heavy (non-hydrogen) atoms. The zero-order valence-corrected chi connectivity index (χ0v) is 8.07. The minimum atomic E-state index is -0.915. The van der Waals surface area contributed by atoms with Gasteiger partial charge >= 0.3 is 0 Å². The molecule has 0 aromatic heterocycles. The van der Waals surface area contributed by atoms with Crippen molar-refractivity contribution < 1.29 is 13.6 Å². The Hall–Kier alpha value is -0.970. The number of nitrogens with one attached hydrogen (secondary N) is 1. The number of benzene rings is 1. The lowest BCUT2D eigenvalue weighted by atomic mass is 10.2. The topological polar surface area (TPSA) is 29.1 Å². The number of hydrogen-bond donors (Lipinski definition) is 1. The smallest absolute Gasteiger partial charge is 0.287 e. The highest BCUT2D eigenvalue weighted by Gasteiger charge is 2.02. The third-order valence-electron chi connectivity index (χ3n) is 1.42. The molecular formula is C8H6BrF2NO. The van der Waals surface area contributed by atoms with Crippen LogP contribution < -0.4 is 5.32 Å². The Morgan fingerprint density at radius 3 is 2.62 bits per heavy atom. The molecule has 0 aliphatic carbocycles. The number of carbonyl (C=O) groups excluding carboxylic acids is 1. The number of halogens is 3. The Kier molecular flexibility index (Phi) is 3.36. The highest BCUT2D eigenvalue weighted by Crippen LogP contribution is 2.08. The minimum Gasteiger partial charge on any atom is -0.343 e. The molecule has 1 aromatic carbocycles. The fraction of sp³-hybridized carbons (Fsp3) is 0.125. The van der Waals surface area contributed by atoms with Crippen LogP contribution in [0.5, 0.6) is 0 Å². The standard InChI is InChI=1S/C8H6BrF2NO/c9-8(13)12-4-5-1-2-6(10)7(11)3-5/h1-3H,4H2,(H,12,13). The van der Waals surface area contributed by atoms with E-state index in [4.69, 9.17) is 0 Å². The molecule has 2 nitrogen and oxygen atoms in total. The number of hydrogen-bond acceptors (Lipinski definition) is 1. The lowest BCUT2D eigenvalue weighted by Gasteiger charge is -2.01. The molecule has 0 saturated carbocycles. The van der Waals surface area contributed by atoms with Gasteiger partial charge in [0.25, 0.3) is 4.82 Å². The molecule has 1 N–H and O–H groups in total. The van der Waals surface area contributed by atoms with Crippen LogP contribution in [0.3, 0.4) is 0 Å². The van der Waals surface area contributed by atoms with Gasteiger partial charge in [-0.2, -0.15) is 0 Å². The van der Waals surface area contributed by atoms with Crippen molar-refractivity contribution in [3.8, 4) is 0 Å². The molecule has 0 radical (unpaired) electrons. The van der Waals surface area contributed by atoms with E-state index in [0.29, 0.717) is 5.56 Å². The van der Waals surface area contributed by atoms with Gasteiger partial charge in [-0.1, -0.05) is 6.07 Å². The average molecular weight is 250 g/mol. The van der Waals surface area contributed by atoms with Crippen molar-refractivity contribution in [2.24, 2.45) is 0 Å². The predicted molar refractivity (Wildman–Crippen MR) is 47.5 cm³/mol. The second-order valence-corrected chi connectivity index (χ2v) is 3.10. The quantitative estimate of drug-likeness (QED) is 0.634. The van der Waals surface area contributed by atoms with E-state index in [-0.39, 0.29) is 6.54 Å². The Balaban J connectivity index is 2.68. The second-order valence-electron chi connectivity index (χ2n) is 2.38. The Bertz CT molecular complexity index is 330. The highest BCUT2D eigenvalue weighted by atomic mass is 79.9. The fourth-order valence-corrected chi connectivity index (χ4v) is 0.961. The summed E-state index contributed by atoms with van der Waals surface area (Å²) in [4.78, 5) is 10.0. The largest absolute Gasteiger partial charge is 0.343 e. The van der Waals surface area contributed by atoms with Crippen LogP contribution in [0.15, 0.2) is 18.2 Å². The van der Waals surface area contributed by atoms with Crippen molar-refractivity contribution in [1.82, 2.24) is 5.32 Å². The first-order valence-electron chi connectivity index (χ1n) is 3.47. The van der Waals surface area contributed by atoms with E-state index in [1.165, 1.54) is 6.07 Å². The van der Waals surface area contributed by atoms with Gasteiger partial charge in [0.2, 0.25) is 0 Å².